The second kappa shape index (κ2) is 9.59. The van der Waals surface area contributed by atoms with E-state index in [9.17, 15) is 4.79 Å². The lowest BCUT2D eigenvalue weighted by Crippen LogP contribution is -2.05. The van der Waals surface area contributed by atoms with Crippen LogP contribution >= 0.6 is 0 Å². The minimum atomic E-state index is -0.0900. The van der Waals surface area contributed by atoms with Crippen molar-refractivity contribution in [3.8, 4) is 0 Å². The first kappa shape index (κ1) is 17.8. The molecule has 1 fully saturated rings. The van der Waals surface area contributed by atoms with Crippen LogP contribution in [0.1, 0.15) is 57.9 Å². The minimum Gasteiger partial charge on any atom is -0.466 e. The molecular weight excluding hydrogens is 286 g/mol. The number of benzene rings is 1. The number of carbonyl (C=O) groups excluding carboxylic acids is 1. The molecule has 0 aliphatic heterocycles. The van der Waals surface area contributed by atoms with E-state index in [0.29, 0.717) is 13.0 Å². The Labute approximate surface area is 140 Å². The molecule has 1 aliphatic rings. The van der Waals surface area contributed by atoms with Crippen LogP contribution in [-0.4, -0.2) is 19.1 Å². The maximum Gasteiger partial charge on any atom is 0.305 e. The number of carbonyl (C=O) groups is 1. The first-order valence-corrected chi connectivity index (χ1v) is 9.21. The van der Waals surface area contributed by atoms with Gasteiger partial charge >= 0.3 is 5.97 Å². The van der Waals surface area contributed by atoms with Crippen molar-refractivity contribution >= 4 is 11.7 Å². The normalized spacial score (nSPS) is 19.4. The Bertz CT molecular complexity index is 469. The zero-order chi connectivity index (χ0) is 16.5. The number of aryl methyl sites for hydroxylation is 1. The van der Waals surface area contributed by atoms with E-state index < -0.39 is 0 Å². The third kappa shape index (κ3) is 6.64. The number of esters is 1. The highest BCUT2D eigenvalue weighted by atomic mass is 16.5. The lowest BCUT2D eigenvalue weighted by Gasteiger charge is -2.08. The Balaban J connectivity index is 1.62. The molecule has 0 saturated heterocycles. The van der Waals surface area contributed by atoms with Crippen LogP contribution in [-0.2, 0) is 16.0 Å². The molecule has 2 atom stereocenters. The van der Waals surface area contributed by atoms with Gasteiger partial charge in [0, 0.05) is 18.7 Å². The van der Waals surface area contributed by atoms with Crippen molar-refractivity contribution in [1.29, 1.82) is 0 Å². The molecule has 23 heavy (non-hydrogen) atoms. The Kier molecular flexibility index (Phi) is 7.44. The highest BCUT2D eigenvalue weighted by Gasteiger charge is 2.35. The average Bonchev–Trinajstić information content (AvgIpc) is 3.31. The number of rotatable bonds is 11. The predicted molar refractivity (Wildman–Crippen MR) is 95.6 cm³/mol. The number of anilines is 1. The monoisotopic (exact) mass is 317 g/mol. The van der Waals surface area contributed by atoms with E-state index >= 15 is 0 Å². The quantitative estimate of drug-likeness (QED) is 0.595. The molecule has 1 aromatic carbocycles. The lowest BCUT2D eigenvalue weighted by molar-refractivity contribution is -0.143. The minimum absolute atomic E-state index is 0.0900. The second-order valence-corrected chi connectivity index (χ2v) is 6.63. The number of ether oxygens (including phenoxy) is 1. The van der Waals surface area contributed by atoms with Crippen LogP contribution in [0.15, 0.2) is 24.3 Å². The van der Waals surface area contributed by atoms with Crippen molar-refractivity contribution in [2.45, 2.75) is 58.8 Å². The molecule has 1 N–H and O–H groups in total. The summed E-state index contributed by atoms with van der Waals surface area (Å²) in [7, 11) is 0. The van der Waals surface area contributed by atoms with Gasteiger partial charge in [0.1, 0.15) is 0 Å². The van der Waals surface area contributed by atoms with Crippen LogP contribution in [0, 0.1) is 11.8 Å². The first-order valence-electron chi connectivity index (χ1n) is 9.21. The fourth-order valence-corrected chi connectivity index (χ4v) is 3.09. The standard InChI is InChI=1S/C20H31NO2/c1-3-5-8-17-14-18(17)15-21-19-12-10-16(11-13-19)7-6-9-20(22)23-4-2/h10-13,17-18,21H,3-9,14-15H2,1-2H3. The molecule has 0 bridgehead atoms. The summed E-state index contributed by atoms with van der Waals surface area (Å²) in [6.45, 7) is 5.69. The van der Waals surface area contributed by atoms with Gasteiger partial charge in [-0.25, -0.2) is 0 Å². The highest BCUT2D eigenvalue weighted by molar-refractivity contribution is 5.69. The van der Waals surface area contributed by atoms with Crippen LogP contribution in [0.2, 0.25) is 0 Å². The van der Waals surface area contributed by atoms with Gasteiger partial charge in [-0.05, 0) is 55.7 Å². The molecule has 0 radical (unpaired) electrons. The van der Waals surface area contributed by atoms with E-state index in [1.165, 1.54) is 36.9 Å². The summed E-state index contributed by atoms with van der Waals surface area (Å²) in [5, 5.41) is 3.56. The molecule has 1 aromatic rings. The molecule has 2 rings (SSSR count). The van der Waals surface area contributed by atoms with Crippen LogP contribution in [0.3, 0.4) is 0 Å². The van der Waals surface area contributed by atoms with Crippen molar-refractivity contribution in [1.82, 2.24) is 0 Å². The molecule has 0 spiro atoms. The van der Waals surface area contributed by atoms with Gasteiger partial charge in [-0.1, -0.05) is 38.3 Å². The van der Waals surface area contributed by atoms with Gasteiger partial charge < -0.3 is 10.1 Å². The maximum absolute atomic E-state index is 11.3. The lowest BCUT2D eigenvalue weighted by atomic mass is 10.1. The number of hydrogen-bond acceptors (Lipinski definition) is 3. The van der Waals surface area contributed by atoms with E-state index in [4.69, 9.17) is 4.74 Å². The summed E-state index contributed by atoms with van der Waals surface area (Å²) >= 11 is 0. The predicted octanol–water partition coefficient (Wildman–Crippen LogP) is 4.81. The third-order valence-corrected chi connectivity index (χ3v) is 4.67. The molecular formula is C20H31NO2. The van der Waals surface area contributed by atoms with Crippen LogP contribution in [0.5, 0.6) is 0 Å². The van der Waals surface area contributed by atoms with Gasteiger partial charge in [-0.3, -0.25) is 4.79 Å². The fourth-order valence-electron chi connectivity index (χ4n) is 3.09. The van der Waals surface area contributed by atoms with E-state index in [-0.39, 0.29) is 5.97 Å². The summed E-state index contributed by atoms with van der Waals surface area (Å²) in [4.78, 5) is 11.3. The van der Waals surface area contributed by atoms with Gasteiger partial charge in [-0.2, -0.15) is 0 Å². The van der Waals surface area contributed by atoms with E-state index in [2.05, 4.69) is 36.5 Å². The number of nitrogens with one attached hydrogen (secondary N) is 1. The number of unbranched alkanes of at least 4 members (excludes halogenated alkanes) is 1. The maximum atomic E-state index is 11.3. The van der Waals surface area contributed by atoms with Crippen LogP contribution in [0.4, 0.5) is 5.69 Å². The largest absolute Gasteiger partial charge is 0.466 e. The van der Waals surface area contributed by atoms with Crippen molar-refractivity contribution in [2.24, 2.45) is 11.8 Å². The molecule has 0 aromatic heterocycles. The van der Waals surface area contributed by atoms with Crippen molar-refractivity contribution in [3.63, 3.8) is 0 Å². The van der Waals surface area contributed by atoms with Gasteiger partial charge in [0.2, 0.25) is 0 Å². The van der Waals surface area contributed by atoms with Gasteiger partial charge in [0.05, 0.1) is 6.61 Å². The van der Waals surface area contributed by atoms with Crippen LogP contribution < -0.4 is 5.32 Å². The second-order valence-electron chi connectivity index (χ2n) is 6.63. The smallest absolute Gasteiger partial charge is 0.305 e. The van der Waals surface area contributed by atoms with Crippen molar-refractivity contribution in [2.75, 3.05) is 18.5 Å². The van der Waals surface area contributed by atoms with Crippen molar-refractivity contribution < 1.29 is 9.53 Å². The van der Waals surface area contributed by atoms with Gasteiger partial charge in [0.15, 0.2) is 0 Å². The highest BCUT2D eigenvalue weighted by Crippen LogP contribution is 2.42. The molecule has 128 valence electrons. The summed E-state index contributed by atoms with van der Waals surface area (Å²) in [5.74, 6) is 1.75. The summed E-state index contributed by atoms with van der Waals surface area (Å²) in [6, 6.07) is 8.64. The first-order chi connectivity index (χ1) is 11.2. The molecule has 0 heterocycles. The van der Waals surface area contributed by atoms with Gasteiger partial charge in [-0.15, -0.1) is 0 Å². The molecule has 1 aliphatic carbocycles. The molecule has 3 heteroatoms. The molecule has 0 amide bonds. The number of hydrogen-bond donors (Lipinski definition) is 1. The van der Waals surface area contributed by atoms with Crippen LogP contribution in [0.25, 0.3) is 0 Å². The Morgan fingerprint density at radius 1 is 1.17 bits per heavy atom. The zero-order valence-corrected chi connectivity index (χ0v) is 14.6. The van der Waals surface area contributed by atoms with Crippen molar-refractivity contribution in [3.05, 3.63) is 29.8 Å². The molecule has 2 unspecified atom stereocenters. The molecule has 1 saturated carbocycles. The topological polar surface area (TPSA) is 38.3 Å². The third-order valence-electron chi connectivity index (χ3n) is 4.67. The zero-order valence-electron chi connectivity index (χ0n) is 14.6. The average molecular weight is 317 g/mol. The van der Waals surface area contributed by atoms with Gasteiger partial charge in [0.25, 0.3) is 0 Å². The summed E-state index contributed by atoms with van der Waals surface area (Å²) in [6.07, 6.45) is 7.79. The molecule has 3 nitrogen and oxygen atoms in total. The van der Waals surface area contributed by atoms with E-state index in [0.717, 1.165) is 31.2 Å². The Morgan fingerprint density at radius 2 is 1.96 bits per heavy atom. The van der Waals surface area contributed by atoms with E-state index in [1.54, 1.807) is 0 Å². The Morgan fingerprint density at radius 3 is 2.65 bits per heavy atom. The summed E-state index contributed by atoms with van der Waals surface area (Å²) < 4.78 is 4.94. The Hall–Kier alpha value is -1.51. The fraction of sp³-hybridized carbons (Fsp3) is 0.650. The SMILES string of the molecule is CCCCC1CC1CNc1ccc(CCCC(=O)OCC)cc1. The van der Waals surface area contributed by atoms with E-state index in [1.807, 2.05) is 6.92 Å². The summed E-state index contributed by atoms with van der Waals surface area (Å²) in [5.41, 5.74) is 2.49.